The lowest BCUT2D eigenvalue weighted by Crippen LogP contribution is -2.33. The van der Waals surface area contributed by atoms with E-state index in [1.165, 1.54) is 12.1 Å². The summed E-state index contributed by atoms with van der Waals surface area (Å²) in [7, 11) is 0. The molecule has 1 aromatic carbocycles. The predicted octanol–water partition coefficient (Wildman–Crippen LogP) is 3.23. The van der Waals surface area contributed by atoms with Gasteiger partial charge in [0.25, 0.3) is 0 Å². The first-order chi connectivity index (χ1) is 8.87. The Bertz CT molecular complexity index is 450. The van der Waals surface area contributed by atoms with Crippen LogP contribution < -0.4 is 10.6 Å². The summed E-state index contributed by atoms with van der Waals surface area (Å²) in [5, 5.41) is 5.35. The highest BCUT2D eigenvalue weighted by atomic mass is 19.1. The minimum Gasteiger partial charge on any atom is -0.338 e. The van der Waals surface area contributed by atoms with E-state index in [0.717, 1.165) is 5.56 Å². The highest BCUT2D eigenvalue weighted by Crippen LogP contribution is 2.13. The summed E-state index contributed by atoms with van der Waals surface area (Å²) in [6, 6.07) is 6.12. The smallest absolute Gasteiger partial charge is 0.318 e. The number of urea groups is 1. The van der Waals surface area contributed by atoms with E-state index < -0.39 is 0 Å². The van der Waals surface area contributed by atoms with Crippen LogP contribution >= 0.6 is 0 Å². The molecule has 0 bridgehead atoms. The highest BCUT2D eigenvalue weighted by Gasteiger charge is 2.04. The van der Waals surface area contributed by atoms with Crippen molar-refractivity contribution in [2.45, 2.75) is 27.2 Å². The van der Waals surface area contributed by atoms with Crippen LogP contribution in [0.2, 0.25) is 0 Å². The monoisotopic (exact) mass is 264 g/mol. The van der Waals surface area contributed by atoms with Crippen molar-refractivity contribution in [3.05, 3.63) is 47.9 Å². The molecular formula is C15H21FN2O. The minimum atomic E-state index is -0.255. The fourth-order valence-corrected chi connectivity index (χ4v) is 1.43. The molecule has 0 saturated heterocycles. The zero-order valence-electron chi connectivity index (χ0n) is 11.7. The van der Waals surface area contributed by atoms with Crippen LogP contribution in [-0.4, -0.2) is 12.6 Å². The lowest BCUT2D eigenvalue weighted by atomic mass is 9.97. The molecule has 19 heavy (non-hydrogen) atoms. The van der Waals surface area contributed by atoms with Gasteiger partial charge in [0.2, 0.25) is 0 Å². The van der Waals surface area contributed by atoms with Gasteiger partial charge in [-0.15, -0.1) is 0 Å². The highest BCUT2D eigenvalue weighted by molar-refractivity contribution is 5.74. The van der Waals surface area contributed by atoms with Crippen LogP contribution in [0.1, 0.15) is 26.3 Å². The maximum Gasteiger partial charge on any atom is 0.318 e. The van der Waals surface area contributed by atoms with Crippen molar-refractivity contribution < 1.29 is 9.18 Å². The molecule has 0 radical (unpaired) electrons. The van der Waals surface area contributed by atoms with E-state index in [9.17, 15) is 9.18 Å². The van der Waals surface area contributed by atoms with Crippen molar-refractivity contribution in [1.29, 1.82) is 0 Å². The Labute approximate surface area is 113 Å². The zero-order valence-corrected chi connectivity index (χ0v) is 11.7. The van der Waals surface area contributed by atoms with Crippen LogP contribution in [0, 0.1) is 11.2 Å². The van der Waals surface area contributed by atoms with Crippen molar-refractivity contribution in [3.63, 3.8) is 0 Å². The van der Waals surface area contributed by atoms with Gasteiger partial charge >= 0.3 is 6.03 Å². The number of hydrogen-bond acceptors (Lipinski definition) is 1. The van der Waals surface area contributed by atoms with E-state index in [1.807, 2.05) is 32.9 Å². The van der Waals surface area contributed by atoms with Gasteiger partial charge < -0.3 is 10.6 Å². The van der Waals surface area contributed by atoms with Crippen LogP contribution in [-0.2, 0) is 6.42 Å². The molecule has 0 fully saturated rings. The van der Waals surface area contributed by atoms with E-state index in [2.05, 4.69) is 10.6 Å². The molecule has 0 aliphatic rings. The molecular weight excluding hydrogens is 243 g/mol. The number of allylic oxidation sites excluding steroid dienone is 1. The molecule has 4 heteroatoms. The van der Waals surface area contributed by atoms with E-state index in [0.29, 0.717) is 13.0 Å². The molecule has 0 aliphatic heterocycles. The normalized spacial score (nSPS) is 11.6. The summed E-state index contributed by atoms with van der Waals surface area (Å²) >= 11 is 0. The molecule has 3 nitrogen and oxygen atoms in total. The van der Waals surface area contributed by atoms with E-state index >= 15 is 0 Å². The van der Waals surface area contributed by atoms with Crippen LogP contribution in [0.4, 0.5) is 9.18 Å². The van der Waals surface area contributed by atoms with Gasteiger partial charge in [-0.1, -0.05) is 39.0 Å². The second-order valence-electron chi connectivity index (χ2n) is 5.48. The molecule has 0 saturated carbocycles. The van der Waals surface area contributed by atoms with Gasteiger partial charge in [0.05, 0.1) is 0 Å². The van der Waals surface area contributed by atoms with Gasteiger partial charge in [-0.3, -0.25) is 0 Å². The Balaban J connectivity index is 2.26. The fourth-order valence-electron chi connectivity index (χ4n) is 1.43. The third kappa shape index (κ3) is 7.24. The average molecular weight is 264 g/mol. The summed E-state index contributed by atoms with van der Waals surface area (Å²) in [6.07, 6.45) is 4.16. The van der Waals surface area contributed by atoms with E-state index in [-0.39, 0.29) is 17.3 Å². The summed E-state index contributed by atoms with van der Waals surface area (Å²) in [5.41, 5.74) is 0.903. The van der Waals surface area contributed by atoms with Gasteiger partial charge in [0.15, 0.2) is 0 Å². The molecule has 2 amide bonds. The number of benzene rings is 1. The quantitative estimate of drug-likeness (QED) is 0.861. The number of halogens is 1. The standard InChI is InChI=1S/C15H21FN2O/c1-15(2,3)8-10-18-14(19)17-9-7-12-5-4-6-13(16)11-12/h4-6,8,10-11H,7,9H2,1-3H3,(H2,17,18,19)/b10-8+. The Kier molecular flexibility index (Phi) is 5.55. The van der Waals surface area contributed by atoms with E-state index in [1.54, 1.807) is 12.3 Å². The number of carbonyl (C=O) groups excluding carboxylic acids is 1. The lowest BCUT2D eigenvalue weighted by molar-refractivity contribution is 0.244. The Morgan fingerprint density at radius 2 is 2.11 bits per heavy atom. The summed E-state index contributed by atoms with van der Waals surface area (Å²) in [6.45, 7) is 6.62. The fraction of sp³-hybridized carbons (Fsp3) is 0.400. The van der Waals surface area contributed by atoms with Crippen LogP contribution in [0.25, 0.3) is 0 Å². The van der Waals surface area contributed by atoms with Crippen molar-refractivity contribution in [3.8, 4) is 0 Å². The number of amides is 2. The predicted molar refractivity (Wildman–Crippen MR) is 75.2 cm³/mol. The largest absolute Gasteiger partial charge is 0.338 e. The third-order valence-corrected chi connectivity index (χ3v) is 2.39. The number of rotatable bonds is 4. The maximum atomic E-state index is 12.9. The minimum absolute atomic E-state index is 0.0366. The van der Waals surface area contributed by atoms with Gasteiger partial charge in [0.1, 0.15) is 5.82 Å². The van der Waals surface area contributed by atoms with Crippen molar-refractivity contribution >= 4 is 6.03 Å². The molecule has 0 spiro atoms. The second-order valence-corrected chi connectivity index (χ2v) is 5.48. The second kappa shape index (κ2) is 6.92. The average Bonchev–Trinajstić information content (AvgIpc) is 2.27. The maximum absolute atomic E-state index is 12.9. The van der Waals surface area contributed by atoms with Gasteiger partial charge in [0, 0.05) is 12.7 Å². The Hall–Kier alpha value is -1.84. The Morgan fingerprint density at radius 1 is 1.37 bits per heavy atom. The van der Waals surface area contributed by atoms with Crippen LogP contribution in [0.15, 0.2) is 36.5 Å². The first-order valence-electron chi connectivity index (χ1n) is 6.33. The molecule has 2 N–H and O–H groups in total. The molecule has 0 unspecified atom stereocenters. The van der Waals surface area contributed by atoms with Crippen molar-refractivity contribution in [1.82, 2.24) is 10.6 Å². The van der Waals surface area contributed by atoms with Gasteiger partial charge in [-0.25, -0.2) is 9.18 Å². The molecule has 0 atom stereocenters. The summed E-state index contributed by atoms with van der Waals surface area (Å²) < 4.78 is 12.9. The van der Waals surface area contributed by atoms with Crippen molar-refractivity contribution in [2.24, 2.45) is 5.41 Å². The third-order valence-electron chi connectivity index (χ3n) is 2.39. The SMILES string of the molecule is CC(C)(C)/C=C/NC(=O)NCCc1cccc(F)c1. The van der Waals surface area contributed by atoms with Crippen LogP contribution in [0.3, 0.4) is 0 Å². The van der Waals surface area contributed by atoms with Crippen molar-refractivity contribution in [2.75, 3.05) is 6.54 Å². The molecule has 1 rings (SSSR count). The molecule has 104 valence electrons. The first kappa shape index (κ1) is 15.2. The number of carbonyl (C=O) groups is 1. The topological polar surface area (TPSA) is 41.1 Å². The molecule has 0 aliphatic carbocycles. The molecule has 0 aromatic heterocycles. The number of nitrogens with one attached hydrogen (secondary N) is 2. The Morgan fingerprint density at radius 3 is 2.74 bits per heavy atom. The lowest BCUT2D eigenvalue weighted by Gasteiger charge is -2.11. The summed E-state index contributed by atoms with van der Waals surface area (Å²) in [4.78, 5) is 11.4. The molecule has 1 aromatic rings. The summed E-state index contributed by atoms with van der Waals surface area (Å²) in [5.74, 6) is -0.255. The number of hydrogen-bond donors (Lipinski definition) is 2. The van der Waals surface area contributed by atoms with E-state index in [4.69, 9.17) is 0 Å². The van der Waals surface area contributed by atoms with Crippen LogP contribution in [0.5, 0.6) is 0 Å². The molecule has 0 heterocycles. The first-order valence-corrected chi connectivity index (χ1v) is 6.33. The zero-order chi connectivity index (χ0) is 14.3. The van der Waals surface area contributed by atoms with Gasteiger partial charge in [-0.05, 0) is 29.5 Å². The van der Waals surface area contributed by atoms with Gasteiger partial charge in [-0.2, -0.15) is 0 Å².